The first-order valence-electron chi connectivity index (χ1n) is 14.0. The fourth-order valence-corrected chi connectivity index (χ4v) is 7.23. The van der Waals surface area contributed by atoms with Crippen molar-refractivity contribution in [3.8, 4) is 0 Å². The largest absolute Gasteiger partial charge is 0.357 e. The number of hydrogen-bond acceptors (Lipinski definition) is 0. The van der Waals surface area contributed by atoms with Gasteiger partial charge in [0.2, 0.25) is 11.4 Å². The van der Waals surface area contributed by atoms with Gasteiger partial charge in [0, 0.05) is 27.6 Å². The van der Waals surface area contributed by atoms with Crippen LogP contribution in [0.5, 0.6) is 0 Å². The van der Waals surface area contributed by atoms with Gasteiger partial charge in [-0.3, -0.25) is 0 Å². The fraction of sp³-hybridized carbons (Fsp3) is 0.243. The summed E-state index contributed by atoms with van der Waals surface area (Å²) >= 11 is 0. The number of hydrogen-bond donors (Lipinski definition) is 0. The standard InChI is InChI=1S/C37H38N2/c1-9-13-27-19-23(3)33(24(4)20-27)38-35-30-17-11-15-29-16-12-18-31(32(29)30)36(35)39(37(38,7)8)34-25(5)21-28(14-10-2)22-26(34)6/h9-12,15-22H,1-2,13-14H2,3-8H3/q+2. The maximum absolute atomic E-state index is 3.97. The van der Waals surface area contributed by atoms with Gasteiger partial charge in [0.25, 0.3) is 11.4 Å². The van der Waals surface area contributed by atoms with Crippen LogP contribution in [0.4, 0.5) is 11.4 Å². The molecule has 2 nitrogen and oxygen atoms in total. The summed E-state index contributed by atoms with van der Waals surface area (Å²) in [6.07, 6.45) is 5.75. The lowest BCUT2D eigenvalue weighted by molar-refractivity contribution is -0.740. The first-order valence-corrected chi connectivity index (χ1v) is 14.0. The molecule has 0 unspecified atom stereocenters. The smallest absolute Gasteiger partial charge is 0.121 e. The fourth-order valence-electron chi connectivity index (χ4n) is 7.23. The molecule has 0 aromatic heterocycles. The van der Waals surface area contributed by atoms with Gasteiger partial charge in [0.05, 0.1) is 25.0 Å². The van der Waals surface area contributed by atoms with Crippen molar-refractivity contribution < 1.29 is 9.15 Å². The van der Waals surface area contributed by atoms with Gasteiger partial charge in [-0.25, -0.2) is 0 Å². The van der Waals surface area contributed by atoms with Gasteiger partial charge in [-0.1, -0.05) is 36.4 Å². The van der Waals surface area contributed by atoms with Gasteiger partial charge in [-0.05, 0) is 93.4 Å². The molecule has 194 valence electrons. The van der Waals surface area contributed by atoms with Crippen molar-refractivity contribution in [2.75, 3.05) is 0 Å². The number of allylic oxidation sites excluding steroid dienone is 2. The molecule has 0 bridgehead atoms. The minimum atomic E-state index is -0.342. The quantitative estimate of drug-likeness (QED) is 0.181. The lowest BCUT2D eigenvalue weighted by atomic mass is 9.98. The van der Waals surface area contributed by atoms with E-state index in [1.165, 1.54) is 78.1 Å². The molecule has 4 aromatic carbocycles. The van der Waals surface area contributed by atoms with Crippen LogP contribution in [0, 0.1) is 27.7 Å². The van der Waals surface area contributed by atoms with Crippen LogP contribution in [0.15, 0.2) is 86.0 Å². The molecule has 0 atom stereocenters. The summed E-state index contributed by atoms with van der Waals surface area (Å²) in [5.74, 6) is 0. The Bertz CT molecular complexity index is 1620. The Hall–Kier alpha value is -4.04. The summed E-state index contributed by atoms with van der Waals surface area (Å²) in [5, 5.41) is 2.65. The average molecular weight is 511 g/mol. The summed E-state index contributed by atoms with van der Waals surface area (Å²) in [6.45, 7) is 21.7. The molecule has 1 aliphatic heterocycles. The van der Waals surface area contributed by atoms with Crippen molar-refractivity contribution in [3.63, 3.8) is 0 Å². The third kappa shape index (κ3) is 3.61. The van der Waals surface area contributed by atoms with Gasteiger partial charge >= 0.3 is 5.66 Å². The zero-order chi connectivity index (χ0) is 27.6. The average Bonchev–Trinajstić information content (AvgIpc) is 3.30. The Morgan fingerprint density at radius 1 is 0.641 bits per heavy atom. The van der Waals surface area contributed by atoms with Crippen molar-refractivity contribution in [2.24, 2.45) is 0 Å². The number of fused-ring (bicyclic) bond motifs is 3. The minimum absolute atomic E-state index is 0.342. The van der Waals surface area contributed by atoms with Gasteiger partial charge < -0.3 is 0 Å². The molecule has 1 aliphatic carbocycles. The molecule has 0 spiro atoms. The summed E-state index contributed by atoms with van der Waals surface area (Å²) in [6, 6.07) is 22.9. The summed E-state index contributed by atoms with van der Waals surface area (Å²) < 4.78 is 5.24. The molecular formula is C37H38N2+2. The van der Waals surface area contributed by atoms with E-state index in [9.17, 15) is 0 Å². The first kappa shape index (κ1) is 25.2. The maximum Gasteiger partial charge on any atom is 0.357 e. The third-order valence-corrected chi connectivity index (χ3v) is 8.49. The van der Waals surface area contributed by atoms with E-state index in [1.54, 1.807) is 0 Å². The predicted octanol–water partition coefficient (Wildman–Crippen LogP) is 8.56. The van der Waals surface area contributed by atoms with Gasteiger partial charge in [-0.15, -0.1) is 22.3 Å². The number of benzene rings is 4. The van der Waals surface area contributed by atoms with Gasteiger partial charge in [0.1, 0.15) is 0 Å². The summed E-state index contributed by atoms with van der Waals surface area (Å²) in [7, 11) is 0. The van der Waals surface area contributed by atoms with Crippen LogP contribution in [0.1, 0.15) is 58.4 Å². The Morgan fingerprint density at radius 3 is 1.38 bits per heavy atom. The lowest BCUT2D eigenvalue weighted by Gasteiger charge is -2.21. The first-order chi connectivity index (χ1) is 18.7. The van der Waals surface area contributed by atoms with E-state index < -0.39 is 0 Å². The SMILES string of the molecule is C=CCc1cc(C)c([N+]2=C3C(=[N+](c4c(C)cc(CC=C)cc4C)C2(C)C)c2cccc4cccc3c24)c(C)c1. The molecule has 0 saturated carbocycles. The molecule has 0 fully saturated rings. The van der Waals surface area contributed by atoms with E-state index in [2.05, 4.69) is 125 Å². The third-order valence-electron chi connectivity index (χ3n) is 8.49. The van der Waals surface area contributed by atoms with Crippen molar-refractivity contribution in [2.45, 2.75) is 60.0 Å². The minimum Gasteiger partial charge on any atom is -0.121 e. The zero-order valence-corrected chi connectivity index (χ0v) is 24.2. The zero-order valence-electron chi connectivity index (χ0n) is 24.2. The van der Waals surface area contributed by atoms with Gasteiger partial charge in [-0.2, -0.15) is 0 Å². The van der Waals surface area contributed by atoms with Crippen molar-refractivity contribution in [1.82, 2.24) is 0 Å². The Balaban J connectivity index is 1.74. The highest BCUT2D eigenvalue weighted by Gasteiger charge is 2.61. The highest BCUT2D eigenvalue weighted by atomic mass is 15.4. The van der Waals surface area contributed by atoms with E-state index in [-0.39, 0.29) is 5.66 Å². The second-order valence-corrected chi connectivity index (χ2v) is 11.7. The molecule has 0 N–H and O–H groups in total. The highest BCUT2D eigenvalue weighted by Crippen LogP contribution is 2.45. The molecule has 0 amide bonds. The van der Waals surface area contributed by atoms with Gasteiger partial charge in [0.15, 0.2) is 0 Å². The molecule has 2 aliphatic rings. The molecule has 0 saturated heterocycles. The second-order valence-electron chi connectivity index (χ2n) is 11.7. The summed E-state index contributed by atoms with van der Waals surface area (Å²) in [5.41, 5.74) is 15.3. The molecule has 1 heterocycles. The predicted molar refractivity (Wildman–Crippen MR) is 166 cm³/mol. The molecule has 2 heteroatoms. The van der Waals surface area contributed by atoms with E-state index in [0.29, 0.717) is 0 Å². The Morgan fingerprint density at radius 2 is 1.03 bits per heavy atom. The van der Waals surface area contributed by atoms with Crippen molar-refractivity contribution in [1.29, 1.82) is 0 Å². The molecular weight excluding hydrogens is 472 g/mol. The normalized spacial score (nSPS) is 15.3. The van der Waals surface area contributed by atoms with Crippen LogP contribution in [0.2, 0.25) is 0 Å². The monoisotopic (exact) mass is 510 g/mol. The molecule has 39 heavy (non-hydrogen) atoms. The van der Waals surface area contributed by atoms with Crippen LogP contribution < -0.4 is 0 Å². The Labute approximate surface area is 233 Å². The van der Waals surface area contributed by atoms with Crippen molar-refractivity contribution in [3.05, 3.63) is 130 Å². The van der Waals surface area contributed by atoms with E-state index in [4.69, 9.17) is 0 Å². The number of aryl methyl sites for hydroxylation is 4. The van der Waals surface area contributed by atoms with Crippen LogP contribution in [0.25, 0.3) is 10.8 Å². The Kier molecular flexibility index (Phi) is 5.84. The molecule has 4 aromatic rings. The second kappa shape index (κ2) is 9.02. The lowest BCUT2D eigenvalue weighted by Crippen LogP contribution is -2.41. The van der Waals surface area contributed by atoms with E-state index in [0.717, 1.165) is 12.8 Å². The maximum atomic E-state index is 3.97. The topological polar surface area (TPSA) is 6.02 Å². The highest BCUT2D eigenvalue weighted by molar-refractivity contribution is 6.58. The van der Waals surface area contributed by atoms with E-state index in [1.807, 2.05) is 12.2 Å². The van der Waals surface area contributed by atoms with E-state index >= 15 is 0 Å². The molecule has 6 rings (SSSR count). The number of rotatable bonds is 6. The summed E-state index contributed by atoms with van der Waals surface area (Å²) in [4.78, 5) is 0. The van der Waals surface area contributed by atoms with Crippen LogP contribution >= 0.6 is 0 Å². The van der Waals surface area contributed by atoms with Crippen molar-refractivity contribution >= 4 is 33.6 Å². The van der Waals surface area contributed by atoms with Crippen LogP contribution in [-0.4, -0.2) is 26.2 Å². The number of nitrogens with zero attached hydrogens (tertiary/aromatic N) is 2. The van der Waals surface area contributed by atoms with Crippen LogP contribution in [0.3, 0.4) is 0 Å². The molecule has 0 radical (unpaired) electrons. The van der Waals surface area contributed by atoms with Crippen LogP contribution in [-0.2, 0) is 12.8 Å².